The lowest BCUT2D eigenvalue weighted by Crippen LogP contribution is -2.33. The third-order valence-corrected chi connectivity index (χ3v) is 3.13. The highest BCUT2D eigenvalue weighted by molar-refractivity contribution is 5.83. The second kappa shape index (κ2) is 3.61. The van der Waals surface area contributed by atoms with Crippen LogP contribution in [0.15, 0.2) is 18.5 Å². The van der Waals surface area contributed by atoms with Gasteiger partial charge in [-0.15, -0.1) is 0 Å². The summed E-state index contributed by atoms with van der Waals surface area (Å²) in [5.74, 6) is 0. The van der Waals surface area contributed by atoms with Crippen LogP contribution in [0.5, 0.6) is 0 Å². The number of aromatic nitrogens is 2. The first-order valence-electron chi connectivity index (χ1n) is 5.38. The summed E-state index contributed by atoms with van der Waals surface area (Å²) in [7, 11) is 2.06. The lowest BCUT2D eigenvalue weighted by atomic mass is 10.0. The standard InChI is InChI=1S/C13H17N2/c1-5-12-11-7-6-9(2)10(3)13(11)14-8-15(12)4/h6-8H,5H2,1-4H3/q+1. The number of rotatable bonds is 1. The van der Waals surface area contributed by atoms with Crippen molar-refractivity contribution < 1.29 is 4.57 Å². The normalized spacial score (nSPS) is 10.9. The first kappa shape index (κ1) is 10.1. The van der Waals surface area contributed by atoms with Crippen LogP contribution in [0.4, 0.5) is 0 Å². The number of fused-ring (bicyclic) bond motifs is 1. The van der Waals surface area contributed by atoms with Crippen molar-refractivity contribution in [2.75, 3.05) is 0 Å². The van der Waals surface area contributed by atoms with Gasteiger partial charge in [-0.2, -0.15) is 0 Å². The molecule has 2 heteroatoms. The molecule has 1 aromatic heterocycles. The van der Waals surface area contributed by atoms with Crippen LogP contribution >= 0.6 is 0 Å². The van der Waals surface area contributed by atoms with Gasteiger partial charge in [-0.3, -0.25) is 0 Å². The molecule has 78 valence electrons. The maximum absolute atomic E-state index is 4.51. The molecule has 0 spiro atoms. The summed E-state index contributed by atoms with van der Waals surface area (Å²) < 4.78 is 2.11. The van der Waals surface area contributed by atoms with Crippen molar-refractivity contribution >= 4 is 10.9 Å². The van der Waals surface area contributed by atoms with Crippen molar-refractivity contribution in [3.05, 3.63) is 35.3 Å². The molecule has 0 fully saturated rings. The van der Waals surface area contributed by atoms with E-state index in [1.807, 2.05) is 6.33 Å². The summed E-state index contributed by atoms with van der Waals surface area (Å²) in [4.78, 5) is 4.51. The summed E-state index contributed by atoms with van der Waals surface area (Å²) in [6.45, 7) is 6.46. The van der Waals surface area contributed by atoms with E-state index in [-0.39, 0.29) is 0 Å². The molecule has 0 amide bonds. The Balaban J connectivity index is 2.89. The molecule has 0 radical (unpaired) electrons. The number of hydrogen-bond acceptors (Lipinski definition) is 1. The van der Waals surface area contributed by atoms with Crippen molar-refractivity contribution in [3.63, 3.8) is 0 Å². The monoisotopic (exact) mass is 201 g/mol. The zero-order valence-corrected chi connectivity index (χ0v) is 9.83. The average Bonchev–Trinajstić information content (AvgIpc) is 2.23. The highest BCUT2D eigenvalue weighted by Gasteiger charge is 2.13. The van der Waals surface area contributed by atoms with Gasteiger partial charge in [0, 0.05) is 12.0 Å². The molecular formula is C13H17N2+. The van der Waals surface area contributed by atoms with Crippen LogP contribution in [0.3, 0.4) is 0 Å². The molecule has 0 aliphatic heterocycles. The summed E-state index contributed by atoms with van der Waals surface area (Å²) in [5, 5.41) is 1.28. The molecule has 2 aromatic rings. The first-order valence-corrected chi connectivity index (χ1v) is 5.38. The van der Waals surface area contributed by atoms with Gasteiger partial charge in [0.15, 0.2) is 5.52 Å². The van der Waals surface area contributed by atoms with Gasteiger partial charge >= 0.3 is 0 Å². The van der Waals surface area contributed by atoms with E-state index in [9.17, 15) is 0 Å². The summed E-state index contributed by atoms with van der Waals surface area (Å²) in [6, 6.07) is 4.36. The number of hydrogen-bond donors (Lipinski definition) is 0. The van der Waals surface area contributed by atoms with E-state index >= 15 is 0 Å². The Morgan fingerprint density at radius 3 is 2.67 bits per heavy atom. The van der Waals surface area contributed by atoms with Crippen molar-refractivity contribution in [1.29, 1.82) is 0 Å². The maximum atomic E-state index is 4.51. The molecule has 2 rings (SSSR count). The van der Waals surface area contributed by atoms with Crippen LogP contribution < -0.4 is 4.57 Å². The van der Waals surface area contributed by atoms with E-state index < -0.39 is 0 Å². The third-order valence-electron chi connectivity index (χ3n) is 3.13. The van der Waals surface area contributed by atoms with Gasteiger partial charge in [0.2, 0.25) is 0 Å². The molecule has 0 unspecified atom stereocenters. The van der Waals surface area contributed by atoms with E-state index in [0.717, 1.165) is 11.9 Å². The minimum absolute atomic E-state index is 1.04. The minimum Gasteiger partial charge on any atom is -0.236 e. The Hall–Kier alpha value is -1.44. The molecule has 1 heterocycles. The van der Waals surface area contributed by atoms with Crippen LogP contribution in [0.25, 0.3) is 10.9 Å². The van der Waals surface area contributed by atoms with E-state index in [4.69, 9.17) is 0 Å². The average molecular weight is 201 g/mol. The van der Waals surface area contributed by atoms with E-state index in [0.29, 0.717) is 0 Å². The fourth-order valence-corrected chi connectivity index (χ4v) is 2.04. The molecule has 0 saturated heterocycles. The Bertz CT molecular complexity index is 515. The van der Waals surface area contributed by atoms with Crippen molar-refractivity contribution in [1.82, 2.24) is 4.98 Å². The molecular weight excluding hydrogens is 184 g/mol. The molecule has 2 nitrogen and oxygen atoms in total. The van der Waals surface area contributed by atoms with Gasteiger partial charge < -0.3 is 0 Å². The second-order valence-electron chi connectivity index (χ2n) is 4.06. The molecule has 0 saturated carbocycles. The van der Waals surface area contributed by atoms with Crippen LogP contribution in [0.1, 0.15) is 23.7 Å². The van der Waals surface area contributed by atoms with E-state index in [1.54, 1.807) is 0 Å². The highest BCUT2D eigenvalue weighted by Crippen LogP contribution is 2.20. The fourth-order valence-electron chi connectivity index (χ4n) is 2.04. The van der Waals surface area contributed by atoms with Crippen LogP contribution in [-0.4, -0.2) is 4.98 Å². The number of nitrogens with zero attached hydrogens (tertiary/aromatic N) is 2. The Morgan fingerprint density at radius 2 is 2.00 bits per heavy atom. The Morgan fingerprint density at radius 1 is 1.27 bits per heavy atom. The highest BCUT2D eigenvalue weighted by atomic mass is 15.0. The largest absolute Gasteiger partial charge is 0.286 e. The quantitative estimate of drug-likeness (QED) is 0.647. The minimum atomic E-state index is 1.04. The van der Waals surface area contributed by atoms with Gasteiger partial charge in [0.25, 0.3) is 6.33 Å². The Kier molecular flexibility index (Phi) is 2.43. The first-order chi connectivity index (χ1) is 7.15. The second-order valence-corrected chi connectivity index (χ2v) is 4.06. The Labute approximate surface area is 90.6 Å². The summed E-state index contributed by atoms with van der Waals surface area (Å²) in [6.07, 6.45) is 2.95. The fraction of sp³-hybridized carbons (Fsp3) is 0.385. The van der Waals surface area contributed by atoms with Crippen molar-refractivity contribution in [3.8, 4) is 0 Å². The van der Waals surface area contributed by atoms with Gasteiger partial charge in [-0.25, -0.2) is 4.57 Å². The molecule has 1 aromatic carbocycles. The van der Waals surface area contributed by atoms with Crippen LogP contribution in [0.2, 0.25) is 0 Å². The van der Waals surface area contributed by atoms with Crippen LogP contribution in [0, 0.1) is 13.8 Å². The molecule has 0 atom stereocenters. The zero-order chi connectivity index (χ0) is 11.0. The van der Waals surface area contributed by atoms with E-state index in [1.165, 1.54) is 22.2 Å². The molecule has 0 N–H and O–H groups in total. The van der Waals surface area contributed by atoms with Gasteiger partial charge in [0.1, 0.15) is 5.69 Å². The van der Waals surface area contributed by atoms with Crippen molar-refractivity contribution in [2.45, 2.75) is 27.2 Å². The maximum Gasteiger partial charge on any atom is 0.286 e. The molecule has 0 aliphatic rings. The number of benzene rings is 1. The van der Waals surface area contributed by atoms with Gasteiger partial charge in [0.05, 0.1) is 12.4 Å². The SMILES string of the molecule is CCc1c2ccc(C)c(C)c2nc[n+]1C. The van der Waals surface area contributed by atoms with Crippen molar-refractivity contribution in [2.24, 2.45) is 7.05 Å². The van der Waals surface area contributed by atoms with Crippen LogP contribution in [-0.2, 0) is 13.5 Å². The predicted molar refractivity (Wildman–Crippen MR) is 61.8 cm³/mol. The van der Waals surface area contributed by atoms with Gasteiger partial charge in [-0.05, 0) is 30.5 Å². The smallest absolute Gasteiger partial charge is 0.236 e. The number of aryl methyl sites for hydroxylation is 4. The molecule has 15 heavy (non-hydrogen) atoms. The zero-order valence-electron chi connectivity index (χ0n) is 9.83. The molecule has 0 bridgehead atoms. The van der Waals surface area contributed by atoms with Gasteiger partial charge in [-0.1, -0.05) is 13.0 Å². The lowest BCUT2D eigenvalue weighted by Gasteiger charge is -2.05. The topological polar surface area (TPSA) is 16.8 Å². The lowest BCUT2D eigenvalue weighted by molar-refractivity contribution is -0.680. The molecule has 0 aliphatic carbocycles. The third kappa shape index (κ3) is 1.50. The predicted octanol–water partition coefficient (Wildman–Crippen LogP) is 2.24. The summed E-state index contributed by atoms with van der Waals surface area (Å²) in [5.41, 5.74) is 5.10. The summed E-state index contributed by atoms with van der Waals surface area (Å²) >= 11 is 0. The van der Waals surface area contributed by atoms with E-state index in [2.05, 4.69) is 49.5 Å².